The van der Waals surface area contributed by atoms with Gasteiger partial charge in [0.2, 0.25) is 5.88 Å². The summed E-state index contributed by atoms with van der Waals surface area (Å²) in [6.45, 7) is 2.03. The van der Waals surface area contributed by atoms with Gasteiger partial charge >= 0.3 is 0 Å². The number of hydrogen-bond donors (Lipinski definition) is 1. The molecule has 1 atom stereocenters. The number of aromatic nitrogens is 1. The minimum atomic E-state index is -0.858. The van der Waals surface area contributed by atoms with Crippen LogP contribution in [-0.2, 0) is 5.60 Å². The van der Waals surface area contributed by atoms with E-state index in [-0.39, 0.29) is 0 Å². The summed E-state index contributed by atoms with van der Waals surface area (Å²) >= 11 is 0. The van der Waals surface area contributed by atoms with Gasteiger partial charge in [0.05, 0.1) is 0 Å². The maximum atomic E-state index is 9.68. The highest BCUT2D eigenvalue weighted by Gasteiger charge is 2.34. The lowest BCUT2D eigenvalue weighted by atomic mass is 10.0. The van der Waals surface area contributed by atoms with Crippen molar-refractivity contribution in [2.75, 3.05) is 6.61 Å². The normalized spacial score (nSPS) is 27.8. The second-order valence-corrected chi connectivity index (χ2v) is 2.92. The Morgan fingerprint density at radius 2 is 2.55 bits per heavy atom. The largest absolute Gasteiger partial charge is 0.474 e. The summed E-state index contributed by atoms with van der Waals surface area (Å²) in [5.41, 5.74) is -0.0798. The van der Waals surface area contributed by atoms with Gasteiger partial charge in [-0.1, -0.05) is 0 Å². The summed E-state index contributed by atoms with van der Waals surface area (Å²) < 4.78 is 5.15. The Labute approximate surface area is 64.6 Å². The van der Waals surface area contributed by atoms with Crippen LogP contribution in [0.3, 0.4) is 0 Å². The number of rotatable bonds is 0. The summed E-state index contributed by atoms with van der Waals surface area (Å²) in [6.07, 6.45) is 1.65. The van der Waals surface area contributed by atoms with Gasteiger partial charge in [-0.25, -0.2) is 4.98 Å². The van der Waals surface area contributed by atoms with Gasteiger partial charge in [-0.3, -0.25) is 0 Å². The molecule has 58 valence electrons. The Morgan fingerprint density at radius 1 is 1.73 bits per heavy atom. The highest BCUT2D eigenvalue weighted by atomic mass is 16.5. The van der Waals surface area contributed by atoms with E-state index in [0.29, 0.717) is 12.5 Å². The maximum absolute atomic E-state index is 9.68. The van der Waals surface area contributed by atoms with Crippen LogP contribution < -0.4 is 4.74 Å². The molecular weight excluding hydrogens is 142 g/mol. The molecule has 2 heterocycles. The molecule has 0 aliphatic carbocycles. The first-order chi connectivity index (χ1) is 5.20. The molecule has 1 aliphatic rings. The molecule has 0 spiro atoms. The third kappa shape index (κ3) is 0.886. The second kappa shape index (κ2) is 1.95. The van der Waals surface area contributed by atoms with E-state index in [1.807, 2.05) is 6.07 Å². The predicted molar refractivity (Wildman–Crippen MR) is 39.3 cm³/mol. The van der Waals surface area contributed by atoms with E-state index in [1.165, 1.54) is 0 Å². The van der Waals surface area contributed by atoms with E-state index < -0.39 is 5.60 Å². The molecule has 1 aromatic rings. The van der Waals surface area contributed by atoms with Crippen molar-refractivity contribution in [2.45, 2.75) is 12.5 Å². The van der Waals surface area contributed by atoms with Gasteiger partial charge in [-0.05, 0) is 19.1 Å². The Morgan fingerprint density at radius 3 is 3.27 bits per heavy atom. The molecule has 0 radical (unpaired) electrons. The number of ether oxygens (including phenoxy) is 1. The third-order valence-electron chi connectivity index (χ3n) is 1.84. The molecule has 0 amide bonds. The molecule has 1 aliphatic heterocycles. The van der Waals surface area contributed by atoms with E-state index in [4.69, 9.17) is 4.74 Å². The van der Waals surface area contributed by atoms with Gasteiger partial charge in [0.1, 0.15) is 12.2 Å². The average Bonchev–Trinajstić information content (AvgIpc) is 2.29. The van der Waals surface area contributed by atoms with Crippen LogP contribution in [0.2, 0.25) is 0 Å². The third-order valence-corrected chi connectivity index (χ3v) is 1.84. The number of pyridine rings is 1. The Bertz CT molecular complexity index is 283. The van der Waals surface area contributed by atoms with Crippen molar-refractivity contribution in [3.05, 3.63) is 23.9 Å². The van der Waals surface area contributed by atoms with E-state index in [1.54, 1.807) is 19.2 Å². The first-order valence-corrected chi connectivity index (χ1v) is 3.51. The zero-order chi connectivity index (χ0) is 7.90. The molecule has 1 aromatic heterocycles. The fraction of sp³-hybridized carbons (Fsp3) is 0.375. The second-order valence-electron chi connectivity index (χ2n) is 2.92. The van der Waals surface area contributed by atoms with E-state index >= 15 is 0 Å². The van der Waals surface area contributed by atoms with Gasteiger partial charge in [0.25, 0.3) is 0 Å². The number of aliphatic hydroxyl groups is 1. The predicted octanol–water partition coefficient (Wildman–Crippen LogP) is 0.681. The highest BCUT2D eigenvalue weighted by molar-refractivity contribution is 5.34. The lowest BCUT2D eigenvalue weighted by molar-refractivity contribution is 0.0346. The molecule has 1 N–H and O–H groups in total. The molecule has 0 saturated heterocycles. The van der Waals surface area contributed by atoms with Crippen LogP contribution in [0.15, 0.2) is 18.3 Å². The average molecular weight is 151 g/mol. The summed E-state index contributed by atoms with van der Waals surface area (Å²) in [5.74, 6) is 0.553. The van der Waals surface area contributed by atoms with Gasteiger partial charge in [0.15, 0.2) is 0 Å². The smallest absolute Gasteiger partial charge is 0.219 e. The molecule has 0 saturated carbocycles. The summed E-state index contributed by atoms with van der Waals surface area (Å²) in [4.78, 5) is 3.97. The monoisotopic (exact) mass is 151 g/mol. The summed E-state index contributed by atoms with van der Waals surface area (Å²) in [6, 6.07) is 3.62. The van der Waals surface area contributed by atoms with Crippen molar-refractivity contribution >= 4 is 0 Å². The molecule has 2 rings (SSSR count). The molecule has 0 aromatic carbocycles. The van der Waals surface area contributed by atoms with Crippen LogP contribution in [0.25, 0.3) is 0 Å². The zero-order valence-corrected chi connectivity index (χ0v) is 6.24. The van der Waals surface area contributed by atoms with Gasteiger partial charge in [-0.15, -0.1) is 0 Å². The van der Waals surface area contributed by atoms with Gasteiger partial charge < -0.3 is 9.84 Å². The van der Waals surface area contributed by atoms with Crippen LogP contribution in [-0.4, -0.2) is 16.7 Å². The maximum Gasteiger partial charge on any atom is 0.219 e. The van der Waals surface area contributed by atoms with Crippen molar-refractivity contribution in [3.63, 3.8) is 0 Å². The van der Waals surface area contributed by atoms with E-state index in [0.717, 1.165) is 5.56 Å². The molecule has 0 bridgehead atoms. The van der Waals surface area contributed by atoms with Gasteiger partial charge in [0, 0.05) is 11.8 Å². The molecule has 1 unspecified atom stereocenters. The Kier molecular flexibility index (Phi) is 1.17. The van der Waals surface area contributed by atoms with Crippen molar-refractivity contribution in [1.29, 1.82) is 0 Å². The van der Waals surface area contributed by atoms with Crippen molar-refractivity contribution in [2.24, 2.45) is 0 Å². The van der Waals surface area contributed by atoms with Crippen LogP contribution >= 0.6 is 0 Å². The first-order valence-electron chi connectivity index (χ1n) is 3.51. The lowest BCUT2D eigenvalue weighted by Crippen LogP contribution is -2.22. The van der Waals surface area contributed by atoms with E-state index in [2.05, 4.69) is 4.98 Å². The minimum absolute atomic E-state index is 0.305. The van der Waals surface area contributed by atoms with Crippen LogP contribution in [0.5, 0.6) is 5.88 Å². The molecule has 0 fully saturated rings. The quantitative estimate of drug-likeness (QED) is 0.593. The molecule has 11 heavy (non-hydrogen) atoms. The van der Waals surface area contributed by atoms with Crippen molar-refractivity contribution in [1.82, 2.24) is 4.98 Å². The SMILES string of the molecule is CC1(O)COc2ncccc21. The van der Waals surface area contributed by atoms with Crippen LogP contribution in [0.4, 0.5) is 0 Å². The van der Waals surface area contributed by atoms with Crippen molar-refractivity contribution < 1.29 is 9.84 Å². The minimum Gasteiger partial charge on any atom is -0.474 e. The van der Waals surface area contributed by atoms with Gasteiger partial charge in [-0.2, -0.15) is 0 Å². The first kappa shape index (κ1) is 6.61. The standard InChI is InChI=1S/C8H9NO2/c1-8(10)5-11-7-6(8)3-2-4-9-7/h2-4,10H,5H2,1H3. The number of nitrogens with zero attached hydrogens (tertiary/aromatic N) is 1. The van der Waals surface area contributed by atoms with Crippen LogP contribution in [0.1, 0.15) is 12.5 Å². The van der Waals surface area contributed by atoms with Crippen molar-refractivity contribution in [3.8, 4) is 5.88 Å². The van der Waals surface area contributed by atoms with Crippen LogP contribution in [0, 0.1) is 0 Å². The number of fused-ring (bicyclic) bond motifs is 1. The highest BCUT2D eigenvalue weighted by Crippen LogP contribution is 2.33. The summed E-state index contributed by atoms with van der Waals surface area (Å²) in [5, 5.41) is 9.68. The fourth-order valence-corrected chi connectivity index (χ4v) is 1.20. The Hall–Kier alpha value is -1.09. The fourth-order valence-electron chi connectivity index (χ4n) is 1.20. The number of hydrogen-bond acceptors (Lipinski definition) is 3. The summed E-state index contributed by atoms with van der Waals surface area (Å²) in [7, 11) is 0. The molecule has 3 heteroatoms. The molecule has 3 nitrogen and oxygen atoms in total. The Balaban J connectivity index is 2.56. The lowest BCUT2D eigenvalue weighted by Gasteiger charge is -2.12. The van der Waals surface area contributed by atoms with E-state index in [9.17, 15) is 5.11 Å². The topological polar surface area (TPSA) is 42.4 Å². The molecular formula is C8H9NO2. The zero-order valence-electron chi connectivity index (χ0n) is 6.24.